The normalized spacial score (nSPS) is 16.7. The molecule has 0 spiro atoms. The van der Waals surface area contributed by atoms with Crippen LogP contribution in [0.15, 0.2) is 0 Å². The van der Waals surface area contributed by atoms with Gasteiger partial charge in [-0.25, -0.2) is 0 Å². The van der Waals surface area contributed by atoms with E-state index in [0.717, 1.165) is 6.41 Å². The van der Waals surface area contributed by atoms with Crippen LogP contribution < -0.4 is 5.32 Å². The van der Waals surface area contributed by atoms with E-state index in [2.05, 4.69) is 5.32 Å². The molecule has 0 aromatic carbocycles. The molecule has 1 rings (SSSR count). The number of hydrogen-bond acceptors (Lipinski definition) is 2. The van der Waals surface area contributed by atoms with Crippen molar-refractivity contribution < 1.29 is 4.79 Å². The van der Waals surface area contributed by atoms with Crippen molar-refractivity contribution in [2.24, 2.45) is 0 Å². The van der Waals surface area contributed by atoms with Gasteiger partial charge in [0.05, 0.1) is 6.07 Å². The maximum atomic E-state index is 9.96. The summed E-state index contributed by atoms with van der Waals surface area (Å²) in [6, 6.07) is 2.23. The molecule has 0 aromatic rings. The lowest BCUT2D eigenvalue weighted by molar-refractivity contribution is -0.110. The van der Waals surface area contributed by atoms with Crippen LogP contribution in [0.2, 0.25) is 0 Å². The molecule has 0 aromatic heterocycles. The third kappa shape index (κ3) is 5.72. The van der Waals surface area contributed by atoms with Gasteiger partial charge in [0.2, 0.25) is 6.41 Å². The van der Waals surface area contributed by atoms with Crippen LogP contribution in [0.4, 0.5) is 0 Å². The Balaban J connectivity index is 0.000000354. The minimum atomic E-state index is 0.483. The van der Waals surface area contributed by atoms with Crippen LogP contribution in [-0.4, -0.2) is 12.5 Å². The van der Waals surface area contributed by atoms with Gasteiger partial charge in [-0.05, 0) is 12.8 Å². The standard InChI is InChI=1S/C7H13NO.C2H3N/c9-6-8-7-4-2-1-3-5-7;1-2-3/h6-7H,1-5H2,(H,8,9);1H3. The van der Waals surface area contributed by atoms with Crippen LogP contribution in [0, 0.1) is 11.3 Å². The van der Waals surface area contributed by atoms with Gasteiger partial charge >= 0.3 is 0 Å². The first kappa shape index (κ1) is 11.0. The molecule has 1 aliphatic rings. The number of carbonyl (C=O) groups excluding carboxylic acids is 1. The maximum Gasteiger partial charge on any atom is 0.207 e. The Labute approximate surface area is 73.8 Å². The molecule has 1 fully saturated rings. The van der Waals surface area contributed by atoms with Gasteiger partial charge in [0.1, 0.15) is 0 Å². The van der Waals surface area contributed by atoms with Crippen molar-refractivity contribution in [2.75, 3.05) is 0 Å². The van der Waals surface area contributed by atoms with Gasteiger partial charge in [-0.2, -0.15) is 5.26 Å². The molecule has 0 radical (unpaired) electrons. The number of nitrogens with zero attached hydrogens (tertiary/aromatic N) is 1. The third-order valence-corrected chi connectivity index (χ3v) is 1.91. The van der Waals surface area contributed by atoms with Crippen LogP contribution in [0.3, 0.4) is 0 Å². The van der Waals surface area contributed by atoms with Crippen molar-refractivity contribution >= 4 is 6.41 Å². The van der Waals surface area contributed by atoms with Crippen molar-refractivity contribution in [1.29, 1.82) is 5.26 Å². The van der Waals surface area contributed by atoms with Crippen molar-refractivity contribution in [3.8, 4) is 6.07 Å². The first-order chi connectivity index (χ1) is 5.85. The second-order valence-corrected chi connectivity index (χ2v) is 2.84. The summed E-state index contributed by atoms with van der Waals surface area (Å²) in [5.41, 5.74) is 0. The molecule has 3 nitrogen and oxygen atoms in total. The monoisotopic (exact) mass is 168 g/mol. The summed E-state index contributed by atoms with van der Waals surface area (Å²) in [6.07, 6.45) is 7.08. The van der Waals surface area contributed by atoms with Crippen LogP contribution in [0.1, 0.15) is 39.0 Å². The van der Waals surface area contributed by atoms with Gasteiger partial charge in [-0.1, -0.05) is 19.3 Å². The average molecular weight is 168 g/mol. The Morgan fingerprint density at radius 3 is 2.33 bits per heavy atom. The fraction of sp³-hybridized carbons (Fsp3) is 0.778. The maximum absolute atomic E-state index is 9.96. The van der Waals surface area contributed by atoms with Crippen molar-refractivity contribution in [3.05, 3.63) is 0 Å². The fourth-order valence-electron chi connectivity index (χ4n) is 1.37. The first-order valence-electron chi connectivity index (χ1n) is 4.35. The van der Waals surface area contributed by atoms with Crippen LogP contribution in [0.25, 0.3) is 0 Å². The lowest BCUT2D eigenvalue weighted by Crippen LogP contribution is -2.29. The molecule has 1 N–H and O–H groups in total. The molecule has 1 aliphatic carbocycles. The zero-order valence-corrected chi connectivity index (χ0v) is 7.55. The number of nitrogens with one attached hydrogen (secondary N) is 1. The summed E-state index contributed by atoms with van der Waals surface area (Å²) in [6.45, 7) is 1.43. The van der Waals surface area contributed by atoms with E-state index in [9.17, 15) is 4.79 Å². The molecule has 68 valence electrons. The fourth-order valence-corrected chi connectivity index (χ4v) is 1.37. The van der Waals surface area contributed by atoms with Gasteiger partial charge in [-0.3, -0.25) is 4.79 Å². The van der Waals surface area contributed by atoms with Gasteiger partial charge in [0.15, 0.2) is 0 Å². The number of nitriles is 1. The SMILES string of the molecule is CC#N.O=CNC1CCCCC1. The molecule has 0 bridgehead atoms. The molecule has 0 aliphatic heterocycles. The number of carbonyl (C=O) groups is 1. The highest BCUT2D eigenvalue weighted by atomic mass is 16.1. The van der Waals surface area contributed by atoms with E-state index in [0.29, 0.717) is 6.04 Å². The molecular formula is C9H16N2O. The van der Waals surface area contributed by atoms with Crippen LogP contribution in [0.5, 0.6) is 0 Å². The topological polar surface area (TPSA) is 52.9 Å². The number of amides is 1. The molecular weight excluding hydrogens is 152 g/mol. The van der Waals surface area contributed by atoms with Gasteiger partial charge in [0.25, 0.3) is 0 Å². The lowest BCUT2D eigenvalue weighted by atomic mass is 9.96. The second-order valence-electron chi connectivity index (χ2n) is 2.84. The Hall–Kier alpha value is -1.04. The van der Waals surface area contributed by atoms with E-state index >= 15 is 0 Å². The second kappa shape index (κ2) is 8.06. The summed E-state index contributed by atoms with van der Waals surface area (Å²) in [4.78, 5) is 9.96. The van der Waals surface area contributed by atoms with Crippen molar-refractivity contribution in [2.45, 2.75) is 45.1 Å². The van der Waals surface area contributed by atoms with E-state index in [1.54, 1.807) is 6.07 Å². The molecule has 0 heterocycles. The first-order valence-corrected chi connectivity index (χ1v) is 4.35. The Morgan fingerprint density at radius 2 is 1.92 bits per heavy atom. The van der Waals surface area contributed by atoms with Crippen molar-refractivity contribution in [3.63, 3.8) is 0 Å². The number of rotatable bonds is 2. The van der Waals surface area contributed by atoms with Crippen LogP contribution in [-0.2, 0) is 4.79 Å². The smallest absolute Gasteiger partial charge is 0.207 e. The molecule has 0 unspecified atom stereocenters. The van der Waals surface area contributed by atoms with Crippen LogP contribution >= 0.6 is 0 Å². The van der Waals surface area contributed by atoms with E-state index in [4.69, 9.17) is 5.26 Å². The molecule has 12 heavy (non-hydrogen) atoms. The Kier molecular flexibility index (Phi) is 7.36. The Morgan fingerprint density at radius 1 is 1.42 bits per heavy atom. The molecule has 0 saturated heterocycles. The van der Waals surface area contributed by atoms with E-state index in [1.807, 2.05) is 0 Å². The largest absolute Gasteiger partial charge is 0.356 e. The van der Waals surface area contributed by atoms with E-state index in [1.165, 1.54) is 39.0 Å². The van der Waals surface area contributed by atoms with E-state index in [-0.39, 0.29) is 0 Å². The summed E-state index contributed by atoms with van der Waals surface area (Å²) in [5.74, 6) is 0. The average Bonchev–Trinajstić information content (AvgIpc) is 2.08. The highest BCUT2D eigenvalue weighted by Gasteiger charge is 2.10. The minimum absolute atomic E-state index is 0.483. The minimum Gasteiger partial charge on any atom is -0.356 e. The molecule has 1 amide bonds. The summed E-state index contributed by atoms with van der Waals surface area (Å²) < 4.78 is 0. The van der Waals surface area contributed by atoms with Gasteiger partial charge in [-0.15, -0.1) is 0 Å². The summed E-state index contributed by atoms with van der Waals surface area (Å²) in [7, 11) is 0. The predicted molar refractivity (Wildman–Crippen MR) is 47.4 cm³/mol. The predicted octanol–water partition coefficient (Wildman–Crippen LogP) is 1.59. The van der Waals surface area contributed by atoms with Crippen molar-refractivity contribution in [1.82, 2.24) is 5.32 Å². The quantitative estimate of drug-likeness (QED) is 0.637. The third-order valence-electron chi connectivity index (χ3n) is 1.91. The van der Waals surface area contributed by atoms with Gasteiger partial charge in [0, 0.05) is 13.0 Å². The summed E-state index contributed by atoms with van der Waals surface area (Å²) >= 11 is 0. The van der Waals surface area contributed by atoms with E-state index < -0.39 is 0 Å². The highest BCUT2D eigenvalue weighted by Crippen LogP contribution is 2.16. The molecule has 0 atom stereocenters. The summed E-state index contributed by atoms with van der Waals surface area (Å²) in [5, 5.41) is 10.1. The zero-order valence-electron chi connectivity index (χ0n) is 7.55. The molecule has 1 saturated carbocycles. The Bertz CT molecular complexity index is 145. The molecule has 3 heteroatoms. The van der Waals surface area contributed by atoms with Gasteiger partial charge < -0.3 is 5.32 Å². The highest BCUT2D eigenvalue weighted by molar-refractivity contribution is 5.46. The number of hydrogen-bond donors (Lipinski definition) is 1. The zero-order chi connectivity index (χ0) is 9.23. The lowest BCUT2D eigenvalue weighted by Gasteiger charge is -2.19.